The molecule has 0 radical (unpaired) electrons. The van der Waals surface area contributed by atoms with Crippen LogP contribution < -0.4 is 5.32 Å². The predicted molar refractivity (Wildman–Crippen MR) is 75.1 cm³/mol. The van der Waals surface area contributed by atoms with Crippen LogP contribution in [0, 0.1) is 0 Å². The normalized spacial score (nSPS) is 12.9. The highest BCUT2D eigenvalue weighted by Gasteiger charge is 2.24. The van der Waals surface area contributed by atoms with E-state index in [0.717, 1.165) is 5.75 Å². The minimum atomic E-state index is -0.846. The number of aliphatic carboxylic acids is 1. The Morgan fingerprint density at radius 3 is 2.44 bits per heavy atom. The first-order chi connectivity index (χ1) is 8.19. The van der Waals surface area contributed by atoms with Crippen LogP contribution in [0.4, 0.5) is 4.79 Å². The van der Waals surface area contributed by atoms with Crippen molar-refractivity contribution in [1.29, 1.82) is 0 Å². The maximum atomic E-state index is 12.0. The average molecular weight is 276 g/mol. The van der Waals surface area contributed by atoms with E-state index < -0.39 is 11.5 Å². The van der Waals surface area contributed by atoms with Gasteiger partial charge in [0.15, 0.2) is 0 Å². The van der Waals surface area contributed by atoms with E-state index >= 15 is 0 Å². The molecule has 6 heteroatoms. The highest BCUT2D eigenvalue weighted by Crippen LogP contribution is 2.13. The molecule has 1 unspecified atom stereocenters. The summed E-state index contributed by atoms with van der Waals surface area (Å²) in [6, 6.07) is -0.0118. The van der Waals surface area contributed by atoms with Crippen molar-refractivity contribution < 1.29 is 14.7 Å². The summed E-state index contributed by atoms with van der Waals surface area (Å²) in [6.07, 6.45) is 2.47. The molecule has 106 valence electrons. The van der Waals surface area contributed by atoms with E-state index in [1.54, 1.807) is 23.7 Å². The number of thioether (sulfide) groups is 1. The van der Waals surface area contributed by atoms with Gasteiger partial charge in [-0.25, -0.2) is 4.79 Å². The van der Waals surface area contributed by atoms with Crippen LogP contribution >= 0.6 is 11.8 Å². The molecule has 0 rings (SSSR count). The largest absolute Gasteiger partial charge is 0.481 e. The third-order valence-corrected chi connectivity index (χ3v) is 3.61. The molecule has 0 fully saturated rings. The van der Waals surface area contributed by atoms with Gasteiger partial charge in [-0.05, 0) is 33.4 Å². The summed E-state index contributed by atoms with van der Waals surface area (Å²) in [5.41, 5.74) is -0.511. The Morgan fingerprint density at radius 1 is 1.44 bits per heavy atom. The standard InChI is InChI=1S/C12H24N2O3S/c1-9(8-18-5)14(4)11(17)13-12(2,3)7-6-10(15)16/h9H,6-8H2,1-5H3,(H,13,17)(H,15,16). The van der Waals surface area contributed by atoms with Gasteiger partial charge in [0.2, 0.25) is 0 Å². The molecule has 0 aromatic rings. The first kappa shape index (κ1) is 17.1. The average Bonchev–Trinajstić information content (AvgIpc) is 2.25. The third-order valence-electron chi connectivity index (χ3n) is 2.80. The Bertz CT molecular complexity index is 295. The summed E-state index contributed by atoms with van der Waals surface area (Å²) in [6.45, 7) is 5.65. The van der Waals surface area contributed by atoms with Crippen molar-refractivity contribution in [3.63, 3.8) is 0 Å². The molecular weight excluding hydrogens is 252 g/mol. The number of carbonyl (C=O) groups is 2. The van der Waals surface area contributed by atoms with E-state index in [1.807, 2.05) is 27.0 Å². The molecule has 0 bridgehead atoms. The molecule has 0 aromatic heterocycles. The lowest BCUT2D eigenvalue weighted by molar-refractivity contribution is -0.137. The number of hydrogen-bond donors (Lipinski definition) is 2. The van der Waals surface area contributed by atoms with Crippen LogP contribution in [0.2, 0.25) is 0 Å². The van der Waals surface area contributed by atoms with E-state index in [-0.39, 0.29) is 18.5 Å². The summed E-state index contributed by atoms with van der Waals surface area (Å²) in [5, 5.41) is 11.5. The number of rotatable bonds is 7. The van der Waals surface area contributed by atoms with Gasteiger partial charge in [-0.2, -0.15) is 11.8 Å². The molecule has 2 N–H and O–H groups in total. The van der Waals surface area contributed by atoms with E-state index in [4.69, 9.17) is 5.11 Å². The lowest BCUT2D eigenvalue weighted by Crippen LogP contribution is -2.51. The first-order valence-electron chi connectivity index (χ1n) is 5.95. The summed E-state index contributed by atoms with van der Waals surface area (Å²) in [5.74, 6) is 0.0286. The Morgan fingerprint density at radius 2 is 2.00 bits per heavy atom. The SMILES string of the molecule is CSCC(C)N(C)C(=O)NC(C)(C)CCC(=O)O. The van der Waals surface area contributed by atoms with Crippen molar-refractivity contribution in [3.05, 3.63) is 0 Å². The minimum absolute atomic E-state index is 0.0529. The number of nitrogens with zero attached hydrogens (tertiary/aromatic N) is 1. The fourth-order valence-corrected chi connectivity index (χ4v) is 2.12. The Labute approximate surface area is 113 Å². The molecule has 0 aliphatic rings. The molecule has 0 saturated carbocycles. The van der Waals surface area contributed by atoms with Gasteiger partial charge in [-0.1, -0.05) is 0 Å². The number of amides is 2. The lowest BCUT2D eigenvalue weighted by atomic mass is 9.99. The highest BCUT2D eigenvalue weighted by atomic mass is 32.2. The second-order valence-corrected chi connectivity index (χ2v) is 6.03. The fraction of sp³-hybridized carbons (Fsp3) is 0.833. The molecule has 5 nitrogen and oxygen atoms in total. The Kier molecular flexibility index (Phi) is 7.13. The first-order valence-corrected chi connectivity index (χ1v) is 7.34. The molecule has 18 heavy (non-hydrogen) atoms. The van der Waals surface area contributed by atoms with E-state index in [0.29, 0.717) is 6.42 Å². The van der Waals surface area contributed by atoms with Crippen molar-refractivity contribution in [1.82, 2.24) is 10.2 Å². The molecule has 0 aromatic carbocycles. The maximum Gasteiger partial charge on any atom is 0.317 e. The Balaban J connectivity index is 4.31. The highest BCUT2D eigenvalue weighted by molar-refractivity contribution is 7.98. The molecular formula is C12H24N2O3S. The van der Waals surface area contributed by atoms with Gasteiger partial charge in [-0.15, -0.1) is 0 Å². The summed E-state index contributed by atoms with van der Waals surface area (Å²) < 4.78 is 0. The van der Waals surface area contributed by atoms with Crippen LogP contribution in [0.25, 0.3) is 0 Å². The molecule has 0 saturated heterocycles. The van der Waals surface area contributed by atoms with Crippen molar-refractivity contribution in [2.75, 3.05) is 19.1 Å². The molecule has 0 aliphatic heterocycles. The van der Waals surface area contributed by atoms with Gasteiger partial charge in [0.05, 0.1) is 0 Å². The zero-order valence-electron chi connectivity index (χ0n) is 11.8. The smallest absolute Gasteiger partial charge is 0.317 e. The van der Waals surface area contributed by atoms with Gasteiger partial charge in [-0.3, -0.25) is 4.79 Å². The van der Waals surface area contributed by atoms with Crippen LogP contribution in [0.15, 0.2) is 0 Å². The van der Waals surface area contributed by atoms with Crippen molar-refractivity contribution in [2.45, 2.75) is 45.2 Å². The monoisotopic (exact) mass is 276 g/mol. The number of carbonyl (C=O) groups excluding carboxylic acids is 1. The van der Waals surface area contributed by atoms with E-state index in [2.05, 4.69) is 5.32 Å². The minimum Gasteiger partial charge on any atom is -0.481 e. The van der Waals surface area contributed by atoms with Crippen molar-refractivity contribution >= 4 is 23.8 Å². The molecule has 0 spiro atoms. The number of nitrogens with one attached hydrogen (secondary N) is 1. The van der Waals surface area contributed by atoms with E-state index in [9.17, 15) is 9.59 Å². The second-order valence-electron chi connectivity index (χ2n) is 5.12. The molecule has 0 heterocycles. The van der Waals surface area contributed by atoms with Crippen LogP contribution in [-0.2, 0) is 4.79 Å². The van der Waals surface area contributed by atoms with Crippen molar-refractivity contribution in [3.8, 4) is 0 Å². The van der Waals surface area contributed by atoms with Gasteiger partial charge < -0.3 is 15.3 Å². The van der Waals surface area contributed by atoms with Gasteiger partial charge in [0.25, 0.3) is 0 Å². The van der Waals surface area contributed by atoms with Crippen molar-refractivity contribution in [2.24, 2.45) is 0 Å². The second kappa shape index (κ2) is 7.51. The number of hydrogen-bond acceptors (Lipinski definition) is 3. The van der Waals surface area contributed by atoms with E-state index in [1.165, 1.54) is 0 Å². The summed E-state index contributed by atoms with van der Waals surface area (Å²) in [4.78, 5) is 24.2. The quantitative estimate of drug-likeness (QED) is 0.746. The summed E-state index contributed by atoms with van der Waals surface area (Å²) in [7, 11) is 1.75. The van der Waals surface area contributed by atoms with Crippen LogP contribution in [-0.4, -0.2) is 52.6 Å². The number of carboxylic acid groups (broad SMARTS) is 1. The van der Waals surface area contributed by atoms with Gasteiger partial charge >= 0.3 is 12.0 Å². The predicted octanol–water partition coefficient (Wildman–Crippen LogP) is 2.02. The molecule has 1 atom stereocenters. The number of urea groups is 1. The molecule has 2 amide bonds. The third kappa shape index (κ3) is 6.74. The zero-order chi connectivity index (χ0) is 14.3. The Hall–Kier alpha value is -0.910. The summed E-state index contributed by atoms with van der Waals surface area (Å²) >= 11 is 1.69. The van der Waals surface area contributed by atoms with Crippen LogP contribution in [0.5, 0.6) is 0 Å². The fourth-order valence-electron chi connectivity index (χ4n) is 1.41. The lowest BCUT2D eigenvalue weighted by Gasteiger charge is -2.31. The molecule has 0 aliphatic carbocycles. The van der Waals surface area contributed by atoms with Gasteiger partial charge in [0.1, 0.15) is 0 Å². The van der Waals surface area contributed by atoms with Crippen LogP contribution in [0.3, 0.4) is 0 Å². The topological polar surface area (TPSA) is 69.6 Å². The zero-order valence-corrected chi connectivity index (χ0v) is 12.6. The maximum absolute atomic E-state index is 12.0. The van der Waals surface area contributed by atoms with Crippen LogP contribution in [0.1, 0.15) is 33.6 Å². The van der Waals surface area contributed by atoms with Gasteiger partial charge in [0, 0.05) is 30.8 Å². The number of carboxylic acids is 1.